The van der Waals surface area contributed by atoms with E-state index in [4.69, 9.17) is 16.6 Å². The van der Waals surface area contributed by atoms with E-state index < -0.39 is 5.24 Å². The largest absolute Gasteiger partial charge is 0.357 e. The Hall–Kier alpha value is -1.61. The van der Waals surface area contributed by atoms with Gasteiger partial charge in [0.25, 0.3) is 5.24 Å². The lowest BCUT2D eigenvalue weighted by atomic mass is 10.0. The average Bonchev–Trinajstić information content (AvgIpc) is 2.43. The molecular formula is C16H19ClN2O. The molecule has 1 heterocycles. The molecule has 0 aliphatic rings. The van der Waals surface area contributed by atoms with Gasteiger partial charge in [-0.05, 0) is 56.5 Å². The number of halogens is 1. The van der Waals surface area contributed by atoms with Gasteiger partial charge in [0.1, 0.15) is 5.82 Å². The molecule has 20 heavy (non-hydrogen) atoms. The number of pyridine rings is 1. The number of nitrogens with zero attached hydrogens (tertiary/aromatic N) is 2. The lowest BCUT2D eigenvalue weighted by molar-refractivity contribution is 0.108. The first-order chi connectivity index (χ1) is 9.49. The molecule has 0 unspecified atom stereocenters. The number of carbonyl (C=O) groups is 1. The van der Waals surface area contributed by atoms with Gasteiger partial charge < -0.3 is 4.90 Å². The average molecular weight is 291 g/mol. The second-order valence-electron chi connectivity index (χ2n) is 4.90. The predicted molar refractivity (Wildman–Crippen MR) is 85.0 cm³/mol. The molecule has 2 aromatic rings. The van der Waals surface area contributed by atoms with E-state index in [2.05, 4.69) is 11.0 Å². The highest BCUT2D eigenvalue weighted by Gasteiger charge is 2.18. The van der Waals surface area contributed by atoms with Crippen LogP contribution < -0.4 is 4.90 Å². The normalized spacial score (nSPS) is 10.8. The quantitative estimate of drug-likeness (QED) is 0.796. The molecule has 0 aliphatic heterocycles. The monoisotopic (exact) mass is 290 g/mol. The summed E-state index contributed by atoms with van der Waals surface area (Å²) in [7, 11) is 0. The molecular weight excluding hydrogens is 272 g/mol. The third kappa shape index (κ3) is 2.50. The Kier molecular flexibility index (Phi) is 4.29. The molecule has 0 amide bonds. The molecule has 4 heteroatoms. The maximum absolute atomic E-state index is 11.7. The van der Waals surface area contributed by atoms with Crippen molar-refractivity contribution in [1.82, 2.24) is 4.98 Å². The van der Waals surface area contributed by atoms with Crippen molar-refractivity contribution in [2.45, 2.75) is 27.7 Å². The third-order valence-electron chi connectivity index (χ3n) is 3.66. The van der Waals surface area contributed by atoms with Gasteiger partial charge in [-0.1, -0.05) is 12.1 Å². The van der Waals surface area contributed by atoms with E-state index in [9.17, 15) is 4.79 Å². The van der Waals surface area contributed by atoms with Crippen molar-refractivity contribution in [2.75, 3.05) is 18.0 Å². The lowest BCUT2D eigenvalue weighted by Gasteiger charge is -2.22. The van der Waals surface area contributed by atoms with Gasteiger partial charge in [-0.25, -0.2) is 4.98 Å². The Morgan fingerprint density at radius 1 is 1.20 bits per heavy atom. The van der Waals surface area contributed by atoms with Crippen LogP contribution in [0.5, 0.6) is 0 Å². The number of hydrogen-bond donors (Lipinski definition) is 0. The molecule has 1 aromatic heterocycles. The number of aryl methyl sites for hydroxylation is 2. The highest BCUT2D eigenvalue weighted by molar-refractivity contribution is 6.68. The summed E-state index contributed by atoms with van der Waals surface area (Å²) in [5.41, 5.74) is 3.63. The van der Waals surface area contributed by atoms with Crippen LogP contribution in [0.25, 0.3) is 10.9 Å². The van der Waals surface area contributed by atoms with Gasteiger partial charge in [0.2, 0.25) is 0 Å². The second kappa shape index (κ2) is 5.80. The number of hydrogen-bond acceptors (Lipinski definition) is 3. The number of anilines is 1. The Morgan fingerprint density at radius 2 is 1.80 bits per heavy atom. The highest BCUT2D eigenvalue weighted by atomic mass is 35.5. The Bertz CT molecular complexity index is 663. The van der Waals surface area contributed by atoms with E-state index in [0.29, 0.717) is 11.4 Å². The summed E-state index contributed by atoms with van der Waals surface area (Å²) in [4.78, 5) is 18.5. The SMILES string of the molecule is CCN(CC)c1nc2c(C)ccc(C)c2cc1C(=O)Cl. The number of aromatic nitrogens is 1. The van der Waals surface area contributed by atoms with Crippen molar-refractivity contribution in [3.8, 4) is 0 Å². The van der Waals surface area contributed by atoms with E-state index in [0.717, 1.165) is 35.1 Å². The molecule has 0 saturated carbocycles. The third-order valence-corrected chi connectivity index (χ3v) is 3.86. The standard InChI is InChI=1S/C16H19ClN2O/c1-5-19(6-2)16-13(15(17)20)9-12-10(3)7-8-11(4)14(12)18-16/h7-9H,5-6H2,1-4H3. The summed E-state index contributed by atoms with van der Waals surface area (Å²) in [6.45, 7) is 9.71. The molecule has 0 saturated heterocycles. The summed E-state index contributed by atoms with van der Waals surface area (Å²) in [6.07, 6.45) is 0. The number of fused-ring (bicyclic) bond motifs is 1. The number of rotatable bonds is 4. The lowest BCUT2D eigenvalue weighted by Crippen LogP contribution is -2.25. The fourth-order valence-corrected chi connectivity index (χ4v) is 2.57. The first-order valence-corrected chi connectivity index (χ1v) is 7.23. The van der Waals surface area contributed by atoms with Crippen molar-refractivity contribution in [2.24, 2.45) is 0 Å². The van der Waals surface area contributed by atoms with Gasteiger partial charge in [-0.15, -0.1) is 0 Å². The van der Waals surface area contributed by atoms with Gasteiger partial charge in [0, 0.05) is 18.5 Å². The van der Waals surface area contributed by atoms with Gasteiger partial charge in [0.15, 0.2) is 0 Å². The molecule has 0 aliphatic carbocycles. The molecule has 0 bridgehead atoms. The van der Waals surface area contributed by atoms with Crippen LogP contribution in [-0.4, -0.2) is 23.3 Å². The molecule has 0 spiro atoms. The van der Waals surface area contributed by atoms with E-state index in [-0.39, 0.29) is 0 Å². The van der Waals surface area contributed by atoms with Crippen molar-refractivity contribution in [3.63, 3.8) is 0 Å². The zero-order valence-corrected chi connectivity index (χ0v) is 13.1. The van der Waals surface area contributed by atoms with E-state index >= 15 is 0 Å². The van der Waals surface area contributed by atoms with Crippen molar-refractivity contribution in [3.05, 3.63) is 34.9 Å². The zero-order chi connectivity index (χ0) is 14.9. The molecule has 106 valence electrons. The molecule has 1 aromatic carbocycles. The Morgan fingerprint density at radius 3 is 2.35 bits per heavy atom. The minimum atomic E-state index is -0.456. The number of benzene rings is 1. The summed E-state index contributed by atoms with van der Waals surface area (Å²) in [5.74, 6) is 0.677. The van der Waals surface area contributed by atoms with E-state index in [1.54, 1.807) is 0 Å². The van der Waals surface area contributed by atoms with Crippen molar-refractivity contribution >= 4 is 33.6 Å². The van der Waals surface area contributed by atoms with Gasteiger partial charge in [-0.3, -0.25) is 4.79 Å². The summed E-state index contributed by atoms with van der Waals surface area (Å²) < 4.78 is 0. The van der Waals surface area contributed by atoms with Crippen LogP contribution >= 0.6 is 11.6 Å². The predicted octanol–water partition coefficient (Wildman–Crippen LogP) is 4.08. The molecule has 0 fully saturated rings. The highest BCUT2D eigenvalue weighted by Crippen LogP contribution is 2.28. The van der Waals surface area contributed by atoms with Crippen LogP contribution in [0, 0.1) is 13.8 Å². The maximum Gasteiger partial charge on any atom is 0.256 e. The van der Waals surface area contributed by atoms with Gasteiger partial charge in [0.05, 0.1) is 11.1 Å². The van der Waals surface area contributed by atoms with E-state index in [1.807, 2.05) is 39.8 Å². The molecule has 2 rings (SSSR count). The van der Waals surface area contributed by atoms with Crippen LogP contribution in [0.3, 0.4) is 0 Å². The van der Waals surface area contributed by atoms with E-state index in [1.165, 1.54) is 0 Å². The Balaban J connectivity index is 2.82. The summed E-state index contributed by atoms with van der Waals surface area (Å²) >= 11 is 5.75. The minimum Gasteiger partial charge on any atom is -0.357 e. The summed E-state index contributed by atoms with van der Waals surface area (Å²) in [6, 6.07) is 5.96. The van der Waals surface area contributed by atoms with Gasteiger partial charge in [-0.2, -0.15) is 0 Å². The molecule has 0 radical (unpaired) electrons. The molecule has 3 nitrogen and oxygen atoms in total. The maximum atomic E-state index is 11.7. The fraction of sp³-hybridized carbons (Fsp3) is 0.375. The fourth-order valence-electron chi connectivity index (χ4n) is 2.43. The first kappa shape index (κ1) is 14.8. The Labute approximate surface area is 124 Å². The minimum absolute atomic E-state index is 0.456. The topological polar surface area (TPSA) is 33.2 Å². The van der Waals surface area contributed by atoms with Crippen LogP contribution in [0.2, 0.25) is 0 Å². The van der Waals surface area contributed by atoms with Crippen molar-refractivity contribution in [1.29, 1.82) is 0 Å². The van der Waals surface area contributed by atoms with Crippen LogP contribution in [-0.2, 0) is 0 Å². The van der Waals surface area contributed by atoms with Gasteiger partial charge >= 0.3 is 0 Å². The molecule has 0 atom stereocenters. The van der Waals surface area contributed by atoms with Crippen LogP contribution in [0.15, 0.2) is 18.2 Å². The first-order valence-electron chi connectivity index (χ1n) is 6.85. The molecule has 0 N–H and O–H groups in total. The second-order valence-corrected chi connectivity index (χ2v) is 5.24. The number of carbonyl (C=O) groups excluding carboxylic acids is 1. The van der Waals surface area contributed by atoms with Crippen LogP contribution in [0.1, 0.15) is 35.3 Å². The van der Waals surface area contributed by atoms with Crippen LogP contribution in [0.4, 0.5) is 5.82 Å². The zero-order valence-electron chi connectivity index (χ0n) is 12.3. The smallest absolute Gasteiger partial charge is 0.256 e. The summed E-state index contributed by atoms with van der Waals surface area (Å²) in [5, 5.41) is 0.534. The van der Waals surface area contributed by atoms with Crippen molar-refractivity contribution < 1.29 is 4.79 Å².